The highest BCUT2D eigenvalue weighted by atomic mass is 16.4. The number of nitrogens with one attached hydrogen (secondary N) is 17. The number of carbonyl (C=O) groups is 20. The number of nitrogens with two attached hydrogens (primary N) is 5. The Kier molecular flexibility index (Phi) is 46.2. The van der Waals surface area contributed by atoms with Crippen LogP contribution >= 0.6 is 0 Å². The van der Waals surface area contributed by atoms with Gasteiger partial charge in [-0.2, -0.15) is 0 Å². The van der Waals surface area contributed by atoms with E-state index in [-0.39, 0.29) is 126 Å². The molecule has 2 heterocycles. The number of carboxylic acids is 4. The number of aromatic hydroxyl groups is 2. The van der Waals surface area contributed by atoms with Gasteiger partial charge in [-0.1, -0.05) is 38.1 Å². The zero-order valence-electron chi connectivity index (χ0n) is 74.9. The number of benzene rings is 2. The topological polar surface area (TPSA) is 868 Å². The van der Waals surface area contributed by atoms with Crippen molar-refractivity contribution in [1.29, 1.82) is 10.8 Å². The highest BCUT2D eigenvalue weighted by Gasteiger charge is 2.45. The molecule has 0 bridgehead atoms. The molecule has 2 aliphatic rings. The Hall–Kier alpha value is -14.2. The molecule has 52 nitrogen and oxygen atoms in total. The van der Waals surface area contributed by atoms with E-state index < -0.39 is 290 Å². The molecule has 742 valence electrons. The van der Waals surface area contributed by atoms with E-state index in [1.807, 2.05) is 0 Å². The van der Waals surface area contributed by atoms with E-state index >= 15 is 4.79 Å². The van der Waals surface area contributed by atoms with Gasteiger partial charge in [0.15, 0.2) is 11.9 Å². The highest BCUT2D eigenvalue weighted by molar-refractivity contribution is 6.03. The number of aliphatic hydroxyl groups excluding tert-OH is 2. The lowest BCUT2D eigenvalue weighted by atomic mass is 10.0. The van der Waals surface area contributed by atoms with E-state index in [9.17, 15) is 132 Å². The molecule has 2 aliphatic heterocycles. The van der Waals surface area contributed by atoms with Crippen molar-refractivity contribution >= 4 is 130 Å². The lowest BCUT2D eigenvalue weighted by molar-refractivity contribution is -0.145. The third-order valence-electron chi connectivity index (χ3n) is 21.4. The number of aliphatic hydroxyl groups is 2. The predicted octanol–water partition coefficient (Wildman–Crippen LogP) is -9.62. The van der Waals surface area contributed by atoms with E-state index in [1.165, 1.54) is 69.3 Å². The molecule has 2 saturated heterocycles. The zero-order valence-corrected chi connectivity index (χ0v) is 74.9. The first-order chi connectivity index (χ1) is 62.9. The van der Waals surface area contributed by atoms with Gasteiger partial charge in [0, 0.05) is 45.4 Å². The van der Waals surface area contributed by atoms with Gasteiger partial charge < -0.3 is 159 Å². The Balaban J connectivity index is 1.68. The molecule has 16 amide bonds. The van der Waals surface area contributed by atoms with Gasteiger partial charge >= 0.3 is 23.9 Å². The number of nitrogens with zero attached hydrogens (tertiary/aromatic N) is 2. The third-order valence-corrected chi connectivity index (χ3v) is 21.4. The SMILES string of the molecule is CC(C)[C@H](NC(=O)[C@H](CC(=O)O)NC(=O)[C@H](C)NC(=O)[C@H](Cc1ccc(O)cc1)NC(=O)[C@H](CC(=O)O)NC(=O)[C@H](Cc1ccc(O)cc1)NC(=O)[C@H](CCCNC(=N)N)NC(=O)[C@H](CCCCN)NC(=O)[C@H](CCCNC(=N)N)NC(=O)[C@@H]1CCCN1C(=O)[C@H](CC(N)=O)NC(=O)[C@@H](NC(=O)[C@@H](N)[C@@H](C)O)[C@@H](C)O)C(=O)N1CCC[C@H]1C(=O)N[C@@H](CCC(=O)O)C(=O)N[C@@H](C)C(=O)O. The summed E-state index contributed by atoms with van der Waals surface area (Å²) in [6.07, 6.45) is -8.91. The fourth-order valence-corrected chi connectivity index (χ4v) is 14.1. The van der Waals surface area contributed by atoms with Gasteiger partial charge in [0.2, 0.25) is 94.5 Å². The van der Waals surface area contributed by atoms with Gasteiger partial charge in [-0.25, -0.2) is 0 Å². The average Bonchev–Trinajstić information content (AvgIpc) is 1.65. The van der Waals surface area contributed by atoms with Gasteiger partial charge in [-0.3, -0.25) is 107 Å². The van der Waals surface area contributed by atoms with Crippen molar-refractivity contribution < 1.29 is 137 Å². The van der Waals surface area contributed by atoms with Crippen LogP contribution in [-0.4, -0.2) is 323 Å². The first-order valence-corrected chi connectivity index (χ1v) is 43.2. The van der Waals surface area contributed by atoms with E-state index in [1.54, 1.807) is 0 Å². The Labute approximate surface area is 768 Å². The van der Waals surface area contributed by atoms with Gasteiger partial charge in [-0.15, -0.1) is 0 Å². The fraction of sp³-hybridized carbons (Fsp3) is 0.585. The van der Waals surface area contributed by atoms with E-state index in [0.29, 0.717) is 0 Å². The number of rotatable bonds is 57. The van der Waals surface area contributed by atoms with E-state index in [2.05, 4.69) is 79.8 Å². The van der Waals surface area contributed by atoms with Crippen LogP contribution in [0.15, 0.2) is 48.5 Å². The largest absolute Gasteiger partial charge is 0.508 e. The Morgan fingerprint density at radius 1 is 0.396 bits per heavy atom. The van der Waals surface area contributed by atoms with E-state index in [0.717, 1.165) is 30.6 Å². The Morgan fingerprint density at radius 3 is 1.17 bits per heavy atom. The lowest BCUT2D eigenvalue weighted by Crippen LogP contribution is -2.62. The fourth-order valence-electron chi connectivity index (χ4n) is 14.1. The molecule has 18 atom stereocenters. The molecule has 134 heavy (non-hydrogen) atoms. The van der Waals surface area contributed by atoms with Crippen molar-refractivity contribution in [2.24, 2.45) is 34.6 Å². The molecular weight excluding hydrogens is 1770 g/mol. The summed E-state index contributed by atoms with van der Waals surface area (Å²) in [6.45, 7) is 7.02. The summed E-state index contributed by atoms with van der Waals surface area (Å²) in [5, 5.41) is 131. The number of phenolic OH excluding ortho intramolecular Hbond substituents is 2. The second kappa shape index (κ2) is 55.2. The minimum absolute atomic E-state index is 0.0122. The van der Waals surface area contributed by atoms with Gasteiger partial charge in [0.05, 0.1) is 31.5 Å². The van der Waals surface area contributed by atoms with Crippen LogP contribution in [0.3, 0.4) is 0 Å². The molecule has 2 aromatic rings. The van der Waals surface area contributed by atoms with Crippen molar-refractivity contribution in [2.75, 3.05) is 32.7 Å². The van der Waals surface area contributed by atoms with Crippen LogP contribution < -0.4 is 108 Å². The molecular formula is C82H126N24O28. The molecule has 4 rings (SSSR count). The van der Waals surface area contributed by atoms with Crippen LogP contribution in [0.25, 0.3) is 0 Å². The highest BCUT2D eigenvalue weighted by Crippen LogP contribution is 2.24. The first kappa shape index (κ1) is 112. The van der Waals surface area contributed by atoms with Crippen LogP contribution in [0, 0.1) is 16.7 Å². The second-order valence-corrected chi connectivity index (χ2v) is 32.7. The number of hydrogen-bond acceptors (Lipinski definition) is 28. The number of carbonyl (C=O) groups excluding carboxylic acids is 16. The summed E-state index contributed by atoms with van der Waals surface area (Å²) < 4.78 is 0. The predicted molar refractivity (Wildman–Crippen MR) is 470 cm³/mol. The summed E-state index contributed by atoms with van der Waals surface area (Å²) in [4.78, 5) is 277. The Morgan fingerprint density at radius 2 is 0.761 bits per heavy atom. The van der Waals surface area contributed by atoms with Crippen LogP contribution in [0.5, 0.6) is 11.5 Å². The Bertz CT molecular complexity index is 4510. The summed E-state index contributed by atoms with van der Waals surface area (Å²) in [5.74, 6) is -26.6. The molecule has 0 radical (unpaired) electrons. The molecule has 0 aliphatic carbocycles. The summed E-state index contributed by atoms with van der Waals surface area (Å²) in [7, 11) is 0. The van der Waals surface area contributed by atoms with Crippen LogP contribution in [0.2, 0.25) is 0 Å². The van der Waals surface area contributed by atoms with Gasteiger partial charge in [0.25, 0.3) is 0 Å². The van der Waals surface area contributed by atoms with Gasteiger partial charge in [0.1, 0.15) is 108 Å². The molecule has 0 aromatic heterocycles. The average molecular weight is 1900 g/mol. The molecule has 2 fully saturated rings. The molecule has 52 heteroatoms. The standard InChI is InChI=1S/C82H126N24O28/c1-38(2)63(79(132)106-32-12-17-57(106)75(128)97-50(26-27-59(112)113)66(119)93-40(4)80(133)134)103-73(126)54(37-61(116)117)98-65(118)39(3)92-70(123)51(33-43-18-22-45(109)23-19-43)100-72(125)53(36-60(114)115)101-71(124)52(34-44-20-24-46(110)25-21-44)99-69(122)48(14-9-29-90-81(86)87)95-67(120)47(13-7-8-28-83)94-68(121)49(15-10-30-91-82(88)89)96-74(127)56-16-11-31-105(56)78(131)55(35-58(84)111)102-77(130)64(42(6)108)104-76(129)62(85)41(5)107/h18-25,38-42,47-57,62-64,107-110H,7-17,26-37,83,85H2,1-6H3,(H2,84,111)(H,92,123)(H,93,119)(H,94,121)(H,95,120)(H,96,127)(H,97,128)(H,98,118)(H,99,122)(H,100,125)(H,101,124)(H,102,130)(H,103,126)(H,104,129)(H,112,113)(H,114,115)(H,116,117)(H,133,134)(H4,86,87,90)(H4,88,89,91)/t39-,40-,41+,42+,47-,48-,49-,50-,51-,52-,53-,54-,55-,56-,57-,62-,63-,64-/m0/s1. The van der Waals surface area contributed by atoms with Crippen molar-refractivity contribution in [3.05, 3.63) is 59.7 Å². The second-order valence-electron chi connectivity index (χ2n) is 32.7. The van der Waals surface area contributed by atoms with Crippen LogP contribution in [0.1, 0.15) is 155 Å². The van der Waals surface area contributed by atoms with Crippen molar-refractivity contribution in [2.45, 2.75) is 266 Å². The minimum atomic E-state index is -2.19. The lowest BCUT2D eigenvalue weighted by Gasteiger charge is -2.32. The number of hydrogen-bond donors (Lipinski definition) is 30. The van der Waals surface area contributed by atoms with Crippen molar-refractivity contribution in [1.82, 2.24) is 89.6 Å². The molecule has 0 spiro atoms. The number of guanidine groups is 2. The monoisotopic (exact) mass is 1890 g/mol. The summed E-state index contributed by atoms with van der Waals surface area (Å²) in [5.41, 5.74) is 28.5. The normalized spacial score (nSPS) is 16.9. The maximum Gasteiger partial charge on any atom is 0.325 e. The van der Waals surface area contributed by atoms with E-state index in [4.69, 9.17) is 39.5 Å². The summed E-state index contributed by atoms with van der Waals surface area (Å²) >= 11 is 0. The molecule has 0 saturated carbocycles. The van der Waals surface area contributed by atoms with Crippen molar-refractivity contribution in [3.63, 3.8) is 0 Å². The number of carboxylic acid groups (broad SMARTS) is 4. The number of likely N-dealkylation sites (tertiary alicyclic amines) is 2. The molecule has 35 N–H and O–H groups in total. The molecule has 2 aromatic carbocycles. The minimum Gasteiger partial charge on any atom is -0.508 e. The quantitative estimate of drug-likeness (QED) is 0.0166. The summed E-state index contributed by atoms with van der Waals surface area (Å²) in [6, 6.07) is -17.3. The smallest absolute Gasteiger partial charge is 0.325 e. The first-order valence-electron chi connectivity index (χ1n) is 43.2. The number of unbranched alkanes of at least 4 members (excludes halogenated alkanes) is 1. The maximum atomic E-state index is 15.0. The molecule has 0 unspecified atom stereocenters. The maximum absolute atomic E-state index is 15.0. The zero-order chi connectivity index (χ0) is 101. The third kappa shape index (κ3) is 38.0. The van der Waals surface area contributed by atoms with Crippen LogP contribution in [-0.2, 0) is 109 Å². The van der Waals surface area contributed by atoms with Gasteiger partial charge in [-0.05, 0) is 153 Å². The number of amides is 16. The van der Waals surface area contributed by atoms with Crippen LogP contribution in [0.4, 0.5) is 0 Å². The van der Waals surface area contributed by atoms with Crippen molar-refractivity contribution in [3.8, 4) is 11.5 Å². The number of primary amides is 1. The number of phenols is 2. The number of aliphatic carboxylic acids is 4.